The number of rotatable bonds is 3. The van der Waals surface area contributed by atoms with Gasteiger partial charge in [-0.3, -0.25) is 9.59 Å². The average molecular weight is 350 g/mol. The van der Waals surface area contributed by atoms with Gasteiger partial charge in [-0.15, -0.1) is 5.10 Å². The van der Waals surface area contributed by atoms with Gasteiger partial charge in [-0.1, -0.05) is 23.4 Å². The zero-order valence-corrected chi connectivity index (χ0v) is 14.5. The predicted molar refractivity (Wildman–Crippen MR) is 96.3 cm³/mol. The second kappa shape index (κ2) is 6.25. The van der Waals surface area contributed by atoms with Gasteiger partial charge in [0.25, 0.3) is 5.91 Å². The summed E-state index contributed by atoms with van der Waals surface area (Å²) in [4.78, 5) is 27.1. The standard InChI is InChI=1S/C19H18N4O3/c1-12-7-8-17(26-2)16(9-12)22-11-13(10-18(22)24)19(25)23-15-6-4-3-5-14(15)20-21-23/h3-9,13H,10-11H2,1-2H3. The molecule has 132 valence electrons. The van der Waals surface area contributed by atoms with Crippen LogP contribution in [0.5, 0.6) is 5.75 Å². The fourth-order valence-electron chi connectivity index (χ4n) is 3.32. The highest BCUT2D eigenvalue weighted by molar-refractivity contribution is 6.02. The number of aromatic nitrogens is 3. The molecule has 0 bridgehead atoms. The van der Waals surface area contributed by atoms with E-state index < -0.39 is 5.92 Å². The first kappa shape index (κ1) is 16.3. The molecule has 2 heterocycles. The Balaban J connectivity index is 1.64. The van der Waals surface area contributed by atoms with Crippen molar-refractivity contribution in [2.45, 2.75) is 13.3 Å². The van der Waals surface area contributed by atoms with Gasteiger partial charge in [0.1, 0.15) is 11.3 Å². The van der Waals surface area contributed by atoms with Crippen molar-refractivity contribution in [2.75, 3.05) is 18.6 Å². The average Bonchev–Trinajstić information content (AvgIpc) is 3.25. The van der Waals surface area contributed by atoms with E-state index in [1.54, 1.807) is 24.1 Å². The number of methoxy groups -OCH3 is 1. The number of carbonyl (C=O) groups is 2. The molecule has 0 spiro atoms. The van der Waals surface area contributed by atoms with E-state index >= 15 is 0 Å². The summed E-state index contributed by atoms with van der Waals surface area (Å²) in [5.74, 6) is -0.182. The number of carbonyl (C=O) groups excluding carboxylic acids is 2. The van der Waals surface area contributed by atoms with Gasteiger partial charge >= 0.3 is 0 Å². The van der Waals surface area contributed by atoms with Crippen LogP contribution in [0.1, 0.15) is 16.8 Å². The maximum Gasteiger partial charge on any atom is 0.254 e. The summed E-state index contributed by atoms with van der Waals surface area (Å²) in [7, 11) is 1.57. The Bertz CT molecular complexity index is 1010. The van der Waals surface area contributed by atoms with Crippen LogP contribution in [-0.2, 0) is 4.79 Å². The predicted octanol–water partition coefficient (Wildman–Crippen LogP) is 2.44. The zero-order chi connectivity index (χ0) is 18.3. The normalized spacial score (nSPS) is 17.1. The summed E-state index contributed by atoms with van der Waals surface area (Å²) in [5, 5.41) is 7.99. The van der Waals surface area contributed by atoms with Gasteiger partial charge < -0.3 is 9.64 Å². The van der Waals surface area contributed by atoms with E-state index in [-0.39, 0.29) is 18.2 Å². The molecule has 0 N–H and O–H groups in total. The van der Waals surface area contributed by atoms with Crippen molar-refractivity contribution in [3.8, 4) is 5.75 Å². The second-order valence-electron chi connectivity index (χ2n) is 6.41. The van der Waals surface area contributed by atoms with E-state index in [0.717, 1.165) is 5.56 Å². The van der Waals surface area contributed by atoms with Gasteiger partial charge in [-0.25, -0.2) is 0 Å². The lowest BCUT2D eigenvalue weighted by Crippen LogP contribution is -2.28. The third kappa shape index (κ3) is 2.61. The molecule has 2 aromatic carbocycles. The first-order valence-electron chi connectivity index (χ1n) is 8.38. The minimum atomic E-state index is -0.474. The summed E-state index contributed by atoms with van der Waals surface area (Å²) < 4.78 is 6.68. The number of aryl methyl sites for hydroxylation is 1. The third-order valence-corrected chi connectivity index (χ3v) is 4.66. The highest BCUT2D eigenvalue weighted by Gasteiger charge is 2.37. The van der Waals surface area contributed by atoms with Crippen LogP contribution in [0.3, 0.4) is 0 Å². The number of anilines is 1. The SMILES string of the molecule is COc1ccc(C)cc1N1CC(C(=O)n2nnc3ccccc32)CC1=O. The summed E-state index contributed by atoms with van der Waals surface area (Å²) in [5.41, 5.74) is 3.01. The van der Waals surface area contributed by atoms with Gasteiger partial charge in [0, 0.05) is 13.0 Å². The van der Waals surface area contributed by atoms with Crippen molar-refractivity contribution >= 4 is 28.5 Å². The number of nitrogens with zero attached hydrogens (tertiary/aromatic N) is 4. The van der Waals surface area contributed by atoms with Crippen LogP contribution in [0.2, 0.25) is 0 Å². The Morgan fingerprint density at radius 2 is 2.04 bits per heavy atom. The number of ether oxygens (including phenoxy) is 1. The molecule has 1 fully saturated rings. The maximum atomic E-state index is 12.9. The Hall–Kier alpha value is -3.22. The second-order valence-corrected chi connectivity index (χ2v) is 6.41. The molecule has 1 amide bonds. The molecule has 4 rings (SSSR count). The molecule has 0 radical (unpaired) electrons. The third-order valence-electron chi connectivity index (χ3n) is 4.66. The molecule has 1 saturated heterocycles. The molecule has 1 aromatic heterocycles. The number of hydrogen-bond acceptors (Lipinski definition) is 5. The van der Waals surface area contributed by atoms with Crippen LogP contribution < -0.4 is 9.64 Å². The van der Waals surface area contributed by atoms with Crippen LogP contribution in [0.15, 0.2) is 42.5 Å². The van der Waals surface area contributed by atoms with Crippen LogP contribution in [-0.4, -0.2) is 40.5 Å². The minimum Gasteiger partial charge on any atom is -0.495 e. The van der Waals surface area contributed by atoms with Crippen molar-refractivity contribution < 1.29 is 14.3 Å². The molecule has 0 saturated carbocycles. The molecule has 26 heavy (non-hydrogen) atoms. The molecule has 1 aliphatic heterocycles. The largest absolute Gasteiger partial charge is 0.495 e. The molecule has 7 heteroatoms. The van der Waals surface area contributed by atoms with Crippen LogP contribution in [0, 0.1) is 12.8 Å². The van der Waals surface area contributed by atoms with Gasteiger partial charge in [-0.05, 0) is 36.8 Å². The summed E-state index contributed by atoms with van der Waals surface area (Å²) in [6.45, 7) is 2.25. The monoisotopic (exact) mass is 350 g/mol. The number of amides is 1. The number of benzene rings is 2. The topological polar surface area (TPSA) is 77.3 Å². The van der Waals surface area contributed by atoms with E-state index in [9.17, 15) is 9.59 Å². The van der Waals surface area contributed by atoms with Crippen molar-refractivity contribution in [2.24, 2.45) is 5.92 Å². The smallest absolute Gasteiger partial charge is 0.254 e. The first-order valence-corrected chi connectivity index (χ1v) is 8.38. The summed E-state index contributed by atoms with van der Waals surface area (Å²) in [6.07, 6.45) is 0.143. The van der Waals surface area contributed by atoms with E-state index in [1.165, 1.54) is 4.68 Å². The first-order chi connectivity index (χ1) is 12.6. The number of para-hydroxylation sites is 1. The molecule has 7 nitrogen and oxygen atoms in total. The van der Waals surface area contributed by atoms with Gasteiger partial charge in [0.05, 0.1) is 24.2 Å². The Morgan fingerprint density at radius 1 is 1.23 bits per heavy atom. The maximum absolute atomic E-state index is 12.9. The molecular weight excluding hydrogens is 332 g/mol. The van der Waals surface area contributed by atoms with Gasteiger partial charge in [0.15, 0.2) is 0 Å². The Labute approximate surface area is 150 Å². The van der Waals surface area contributed by atoms with Crippen molar-refractivity contribution in [1.29, 1.82) is 0 Å². The minimum absolute atomic E-state index is 0.100. The molecule has 0 aliphatic carbocycles. The number of hydrogen-bond donors (Lipinski definition) is 0. The number of fused-ring (bicyclic) bond motifs is 1. The Morgan fingerprint density at radius 3 is 2.85 bits per heavy atom. The van der Waals surface area contributed by atoms with Crippen molar-refractivity contribution in [3.05, 3.63) is 48.0 Å². The van der Waals surface area contributed by atoms with Crippen molar-refractivity contribution in [1.82, 2.24) is 15.0 Å². The lowest BCUT2D eigenvalue weighted by molar-refractivity contribution is -0.117. The summed E-state index contributed by atoms with van der Waals surface area (Å²) >= 11 is 0. The van der Waals surface area contributed by atoms with E-state index in [1.807, 2.05) is 37.3 Å². The molecule has 1 unspecified atom stereocenters. The Kier molecular flexibility index (Phi) is 3.91. The van der Waals surface area contributed by atoms with Crippen LogP contribution in [0.25, 0.3) is 11.0 Å². The lowest BCUT2D eigenvalue weighted by Gasteiger charge is -2.20. The van der Waals surface area contributed by atoms with E-state index in [2.05, 4.69) is 10.3 Å². The quantitative estimate of drug-likeness (QED) is 0.725. The van der Waals surface area contributed by atoms with Crippen molar-refractivity contribution in [3.63, 3.8) is 0 Å². The highest BCUT2D eigenvalue weighted by Crippen LogP contribution is 2.34. The lowest BCUT2D eigenvalue weighted by atomic mass is 10.1. The molecular formula is C19H18N4O3. The van der Waals surface area contributed by atoms with E-state index in [0.29, 0.717) is 29.0 Å². The zero-order valence-electron chi connectivity index (χ0n) is 14.5. The molecule has 1 aliphatic rings. The van der Waals surface area contributed by atoms with Gasteiger partial charge in [0.2, 0.25) is 5.91 Å². The van der Waals surface area contributed by atoms with Crippen LogP contribution >= 0.6 is 0 Å². The molecule has 1 atom stereocenters. The van der Waals surface area contributed by atoms with Crippen LogP contribution in [0.4, 0.5) is 5.69 Å². The highest BCUT2D eigenvalue weighted by atomic mass is 16.5. The fraction of sp³-hybridized carbons (Fsp3) is 0.263. The fourth-order valence-corrected chi connectivity index (χ4v) is 3.32. The van der Waals surface area contributed by atoms with E-state index in [4.69, 9.17) is 4.74 Å². The van der Waals surface area contributed by atoms with Gasteiger partial charge in [-0.2, -0.15) is 4.68 Å². The molecule has 3 aromatic rings. The summed E-state index contributed by atoms with van der Waals surface area (Å²) in [6, 6.07) is 12.9.